The molecule has 0 fully saturated rings. The number of aliphatic carboxylic acids is 1. The van der Waals surface area contributed by atoms with Gasteiger partial charge < -0.3 is 20.1 Å². The van der Waals surface area contributed by atoms with Gasteiger partial charge in [0.05, 0.1) is 27.4 Å². The summed E-state index contributed by atoms with van der Waals surface area (Å²) in [6.07, 6.45) is 13.0. The second-order valence-electron chi connectivity index (χ2n) is 15.5. The Hall–Kier alpha value is -5.33. The lowest BCUT2D eigenvalue weighted by atomic mass is 9.76. The summed E-state index contributed by atoms with van der Waals surface area (Å²) in [6.45, 7) is 12.8. The Labute approximate surface area is 358 Å². The number of sulfonamides is 1. The number of nitrogens with one attached hydrogen (secondary N) is 1. The number of allylic oxidation sites excluding steroid dienone is 7. The van der Waals surface area contributed by atoms with Crippen LogP contribution >= 0.6 is 0 Å². The number of ether oxygens (including phenoxy) is 1. The number of hydrogen-bond acceptors (Lipinski definition) is 12. The molecule has 0 aromatic heterocycles. The SMILES string of the molecule is C=C(/C=C/C=C/C=C1\N(CCCS(=O)(=O)N=O)c2ccc(S(=O)(=O)O)cc2C1(C)CCCCCC(=O)N=O)C(C)(C)c1cc(C(=O)OCC)ccc1NCCCCCC(=O)O. The van der Waals surface area contributed by atoms with Crippen molar-refractivity contribution in [3.8, 4) is 0 Å². The third-order valence-corrected chi connectivity index (χ3v) is 12.6. The van der Waals surface area contributed by atoms with Gasteiger partial charge in [0.2, 0.25) is 0 Å². The second-order valence-corrected chi connectivity index (χ2v) is 18.6. The van der Waals surface area contributed by atoms with E-state index in [-0.39, 0.29) is 37.3 Å². The zero-order valence-electron chi connectivity index (χ0n) is 35.1. The van der Waals surface area contributed by atoms with Crippen molar-refractivity contribution in [2.24, 2.45) is 9.76 Å². The highest BCUT2D eigenvalue weighted by atomic mass is 32.2. The molecule has 2 aromatic rings. The number of anilines is 2. The number of nitrogens with zero attached hydrogens (tertiary/aromatic N) is 3. The van der Waals surface area contributed by atoms with E-state index >= 15 is 0 Å². The molecule has 1 unspecified atom stereocenters. The van der Waals surface area contributed by atoms with Crippen LogP contribution in [0.25, 0.3) is 0 Å². The van der Waals surface area contributed by atoms with E-state index < -0.39 is 54.6 Å². The molecule has 1 aliphatic rings. The molecule has 0 aliphatic carbocycles. The van der Waals surface area contributed by atoms with E-state index in [1.54, 1.807) is 37.3 Å². The largest absolute Gasteiger partial charge is 0.481 e. The molecule has 61 heavy (non-hydrogen) atoms. The number of amides is 1. The minimum absolute atomic E-state index is 0.0131. The molecular formula is C43H56N4O12S2. The Morgan fingerprint density at radius 3 is 2.30 bits per heavy atom. The van der Waals surface area contributed by atoms with Crippen molar-refractivity contribution in [1.29, 1.82) is 0 Å². The van der Waals surface area contributed by atoms with E-state index in [2.05, 4.69) is 21.7 Å². The van der Waals surface area contributed by atoms with Crippen LogP contribution in [0.1, 0.15) is 113 Å². The first-order valence-corrected chi connectivity index (χ1v) is 23.1. The Morgan fingerprint density at radius 1 is 0.934 bits per heavy atom. The smallest absolute Gasteiger partial charge is 0.338 e. The van der Waals surface area contributed by atoms with Gasteiger partial charge in [0.25, 0.3) is 26.0 Å². The zero-order chi connectivity index (χ0) is 45.4. The van der Waals surface area contributed by atoms with Crippen molar-refractivity contribution in [2.75, 3.05) is 35.7 Å². The number of nitroso groups, excluding NO2 is 2. The van der Waals surface area contributed by atoms with Gasteiger partial charge >= 0.3 is 11.9 Å². The van der Waals surface area contributed by atoms with Crippen LogP contribution in [0.3, 0.4) is 0 Å². The van der Waals surface area contributed by atoms with Crippen LogP contribution in [0.15, 0.2) is 99.3 Å². The quantitative estimate of drug-likeness (QED) is 0.0264. The van der Waals surface area contributed by atoms with Crippen LogP contribution in [-0.2, 0) is 45.3 Å². The average Bonchev–Trinajstić information content (AvgIpc) is 3.43. The highest BCUT2D eigenvalue weighted by Crippen LogP contribution is 2.51. The van der Waals surface area contributed by atoms with Crippen LogP contribution in [0.2, 0.25) is 0 Å². The van der Waals surface area contributed by atoms with E-state index in [0.717, 1.165) is 24.1 Å². The van der Waals surface area contributed by atoms with Crippen molar-refractivity contribution in [2.45, 2.75) is 108 Å². The molecule has 1 amide bonds. The lowest BCUT2D eigenvalue weighted by Gasteiger charge is -2.30. The summed E-state index contributed by atoms with van der Waals surface area (Å²) in [5.41, 5.74) is 2.88. The molecular weight excluding hydrogens is 829 g/mol. The number of esters is 1. The van der Waals surface area contributed by atoms with Crippen LogP contribution in [-0.4, -0.2) is 69.8 Å². The Bertz CT molecular complexity index is 2270. The topological polar surface area (TPSA) is 243 Å². The summed E-state index contributed by atoms with van der Waals surface area (Å²) < 4.78 is 65.9. The summed E-state index contributed by atoms with van der Waals surface area (Å²) in [6, 6.07) is 9.45. The van der Waals surface area contributed by atoms with Crippen molar-refractivity contribution in [3.05, 3.63) is 111 Å². The number of carbonyl (C=O) groups excluding carboxylic acids is 2. The van der Waals surface area contributed by atoms with Crippen LogP contribution in [0.5, 0.6) is 0 Å². The fourth-order valence-corrected chi connectivity index (χ4v) is 8.31. The maximum atomic E-state index is 12.7. The van der Waals surface area contributed by atoms with Gasteiger partial charge in [-0.3, -0.25) is 14.1 Å². The number of carbonyl (C=O) groups is 3. The molecule has 3 N–H and O–H groups in total. The summed E-state index contributed by atoms with van der Waals surface area (Å²) in [5.74, 6) is -2.57. The normalized spacial score (nSPS) is 16.2. The first-order chi connectivity index (χ1) is 28.7. The fraction of sp³-hybridized carbons (Fsp3) is 0.465. The molecule has 3 rings (SSSR count). The number of carboxylic acid groups (broad SMARTS) is 1. The summed E-state index contributed by atoms with van der Waals surface area (Å²) in [5, 5.41) is 14.8. The number of carboxylic acids is 1. The molecule has 18 heteroatoms. The highest BCUT2D eigenvalue weighted by molar-refractivity contribution is 7.89. The van der Waals surface area contributed by atoms with Gasteiger partial charge in [0, 0.05) is 59.0 Å². The zero-order valence-corrected chi connectivity index (χ0v) is 36.7. The highest BCUT2D eigenvalue weighted by Gasteiger charge is 2.43. The van der Waals surface area contributed by atoms with E-state index in [4.69, 9.17) is 9.84 Å². The number of unbranched alkanes of at least 4 members (excludes halogenated alkanes) is 4. The molecule has 1 heterocycles. The van der Waals surface area contributed by atoms with E-state index in [0.29, 0.717) is 66.7 Å². The van der Waals surface area contributed by atoms with Gasteiger partial charge in [0.15, 0.2) is 0 Å². The van der Waals surface area contributed by atoms with E-state index in [1.807, 2.05) is 43.9 Å². The van der Waals surface area contributed by atoms with Gasteiger partial charge in [-0.05, 0) is 105 Å². The van der Waals surface area contributed by atoms with Gasteiger partial charge in [0.1, 0.15) is 0 Å². The van der Waals surface area contributed by atoms with E-state index in [1.165, 1.54) is 18.2 Å². The Kier molecular flexibility index (Phi) is 18.4. The molecule has 1 atom stereocenters. The summed E-state index contributed by atoms with van der Waals surface area (Å²) >= 11 is 0. The standard InChI is InChI=1S/C43H56N4O12S2/c1-6-59-41(51)32-21-23-36(44-26-15-9-13-20-40(49)50)34(29-32)42(3,4)31(2)17-10-7-11-18-38-43(5,25-14-8-12-19-39(48)45-52)35-30-33(61(56,57)58)22-24-37(35)47(38)27-16-28-60(54,55)46-53/h7,10-11,17-18,21-24,29-30,44H,2,6,8-9,12-16,19-20,25-28H2,1,3-5H3,(H,49,50)(H,56,57,58)/b11-7+,17-10+,38-18-. The maximum Gasteiger partial charge on any atom is 0.338 e. The van der Waals surface area contributed by atoms with Crippen molar-refractivity contribution in [1.82, 2.24) is 0 Å². The molecule has 0 spiro atoms. The van der Waals surface area contributed by atoms with Crippen molar-refractivity contribution < 1.29 is 45.6 Å². The Balaban J connectivity index is 1.99. The third kappa shape index (κ3) is 14.1. The minimum Gasteiger partial charge on any atom is -0.481 e. The van der Waals surface area contributed by atoms with Gasteiger partial charge in [-0.15, -0.1) is 9.81 Å². The lowest BCUT2D eigenvalue weighted by Crippen LogP contribution is -2.30. The number of fused-ring (bicyclic) bond motifs is 1. The lowest BCUT2D eigenvalue weighted by molar-refractivity contribution is -0.137. The van der Waals surface area contributed by atoms with Crippen LogP contribution < -0.4 is 10.2 Å². The van der Waals surface area contributed by atoms with Crippen LogP contribution in [0.4, 0.5) is 11.4 Å². The number of rotatable bonds is 26. The molecule has 16 nitrogen and oxygen atoms in total. The first-order valence-electron chi connectivity index (χ1n) is 20.1. The molecule has 1 aliphatic heterocycles. The van der Waals surface area contributed by atoms with Gasteiger partial charge in [-0.2, -0.15) is 8.42 Å². The number of hydrogen-bond donors (Lipinski definition) is 3. The molecule has 2 aromatic carbocycles. The van der Waals surface area contributed by atoms with Crippen LogP contribution in [0, 0.1) is 9.81 Å². The average molecular weight is 885 g/mol. The maximum absolute atomic E-state index is 12.7. The molecule has 0 radical (unpaired) electrons. The van der Waals surface area contributed by atoms with E-state index in [9.17, 15) is 45.6 Å². The van der Waals surface area contributed by atoms with Crippen molar-refractivity contribution in [3.63, 3.8) is 0 Å². The Morgan fingerprint density at radius 2 is 1.64 bits per heavy atom. The minimum atomic E-state index is -4.60. The molecule has 0 saturated carbocycles. The van der Waals surface area contributed by atoms with Crippen molar-refractivity contribution >= 4 is 49.4 Å². The summed E-state index contributed by atoms with van der Waals surface area (Å²) in [4.78, 5) is 58.1. The predicted molar refractivity (Wildman–Crippen MR) is 235 cm³/mol. The molecule has 0 bridgehead atoms. The number of benzene rings is 2. The van der Waals surface area contributed by atoms with Gasteiger partial charge in [-0.25, -0.2) is 13.2 Å². The van der Waals surface area contributed by atoms with Gasteiger partial charge in [-0.1, -0.05) is 64.0 Å². The monoisotopic (exact) mass is 884 g/mol. The second kappa shape index (κ2) is 22.5. The predicted octanol–water partition coefficient (Wildman–Crippen LogP) is 8.50. The first kappa shape index (κ1) is 50.0. The third-order valence-electron chi connectivity index (χ3n) is 10.7. The molecule has 0 saturated heterocycles. The summed E-state index contributed by atoms with van der Waals surface area (Å²) in [7, 11) is -8.80. The molecule has 332 valence electrons. The fourth-order valence-electron chi connectivity index (χ4n) is 7.24.